The molecule has 25 heavy (non-hydrogen) atoms. The van der Waals surface area contributed by atoms with E-state index in [4.69, 9.17) is 5.73 Å². The summed E-state index contributed by atoms with van der Waals surface area (Å²) in [5, 5.41) is 3.03. The van der Waals surface area contributed by atoms with Crippen LogP contribution in [-0.2, 0) is 17.8 Å². The van der Waals surface area contributed by atoms with Gasteiger partial charge in [-0.05, 0) is 18.2 Å². The SMILES string of the molecule is Nc1nccc2[nH]c(=O)c(CC(=O)NCc3ccc(F)cc3F)cc12. The van der Waals surface area contributed by atoms with Gasteiger partial charge in [-0.2, -0.15) is 0 Å². The molecule has 0 aliphatic carbocycles. The second-order valence-electron chi connectivity index (χ2n) is 5.47. The molecule has 0 spiro atoms. The standard InChI is InChI=1S/C17H14F2N4O2/c18-11-2-1-9(13(19)7-11)8-22-15(24)6-10-5-12-14(23-17(10)25)3-4-21-16(12)20/h1-5,7H,6,8H2,(H2,20,21)(H,22,24)(H,23,25). The Hall–Kier alpha value is -3.29. The van der Waals surface area contributed by atoms with Crippen LogP contribution in [0.1, 0.15) is 11.1 Å². The molecule has 128 valence electrons. The first-order valence-electron chi connectivity index (χ1n) is 7.41. The highest BCUT2D eigenvalue weighted by molar-refractivity contribution is 5.89. The summed E-state index contributed by atoms with van der Waals surface area (Å²) in [7, 11) is 0. The Morgan fingerprint density at radius 1 is 1.20 bits per heavy atom. The first kappa shape index (κ1) is 16.6. The molecule has 0 saturated heterocycles. The molecule has 0 radical (unpaired) electrons. The number of nitrogens with one attached hydrogen (secondary N) is 2. The number of carbonyl (C=O) groups excluding carboxylic acids is 1. The van der Waals surface area contributed by atoms with Crippen molar-refractivity contribution in [2.24, 2.45) is 0 Å². The number of fused-ring (bicyclic) bond motifs is 1. The van der Waals surface area contributed by atoms with E-state index in [1.54, 1.807) is 6.07 Å². The van der Waals surface area contributed by atoms with Gasteiger partial charge in [-0.3, -0.25) is 9.59 Å². The number of carbonyl (C=O) groups is 1. The summed E-state index contributed by atoms with van der Waals surface area (Å²) in [5.41, 5.74) is 6.23. The van der Waals surface area contributed by atoms with Gasteiger partial charge in [0.2, 0.25) is 5.91 Å². The van der Waals surface area contributed by atoms with Crippen molar-refractivity contribution in [3.05, 3.63) is 69.6 Å². The molecule has 8 heteroatoms. The Morgan fingerprint density at radius 2 is 2.00 bits per heavy atom. The van der Waals surface area contributed by atoms with Crippen LogP contribution in [0.15, 0.2) is 41.3 Å². The molecular weight excluding hydrogens is 330 g/mol. The minimum absolute atomic E-state index is 0.111. The van der Waals surface area contributed by atoms with Crippen LogP contribution in [0.4, 0.5) is 14.6 Å². The zero-order valence-corrected chi connectivity index (χ0v) is 13.0. The molecule has 0 saturated carbocycles. The van der Waals surface area contributed by atoms with Crippen LogP contribution < -0.4 is 16.6 Å². The number of anilines is 1. The zero-order valence-electron chi connectivity index (χ0n) is 13.0. The first-order chi connectivity index (χ1) is 11.9. The maximum absolute atomic E-state index is 13.5. The van der Waals surface area contributed by atoms with Gasteiger partial charge in [0, 0.05) is 35.3 Å². The summed E-state index contributed by atoms with van der Waals surface area (Å²) in [5.74, 6) is -1.68. The van der Waals surface area contributed by atoms with Gasteiger partial charge in [-0.1, -0.05) is 6.07 Å². The number of aromatic amines is 1. The summed E-state index contributed by atoms with van der Waals surface area (Å²) < 4.78 is 26.4. The number of amides is 1. The lowest BCUT2D eigenvalue weighted by Crippen LogP contribution is -2.27. The molecule has 3 rings (SSSR count). The third-order valence-corrected chi connectivity index (χ3v) is 3.72. The van der Waals surface area contributed by atoms with Gasteiger partial charge >= 0.3 is 0 Å². The Kier molecular flexibility index (Phi) is 4.42. The van der Waals surface area contributed by atoms with Crippen LogP contribution in [0.3, 0.4) is 0 Å². The number of nitrogen functional groups attached to an aromatic ring is 1. The number of hydrogen-bond acceptors (Lipinski definition) is 4. The fourth-order valence-corrected chi connectivity index (χ4v) is 2.42. The molecular formula is C17H14F2N4O2. The molecule has 0 bridgehead atoms. The van der Waals surface area contributed by atoms with Crippen LogP contribution in [0.25, 0.3) is 10.9 Å². The summed E-state index contributed by atoms with van der Waals surface area (Å²) in [4.78, 5) is 30.6. The van der Waals surface area contributed by atoms with Crippen LogP contribution in [-0.4, -0.2) is 15.9 Å². The van der Waals surface area contributed by atoms with Crippen molar-refractivity contribution in [3.8, 4) is 0 Å². The molecule has 3 aromatic rings. The zero-order chi connectivity index (χ0) is 18.0. The molecule has 2 aromatic heterocycles. The fraction of sp³-hybridized carbons (Fsp3) is 0.118. The van der Waals surface area contributed by atoms with Crippen LogP contribution >= 0.6 is 0 Å². The Labute approximate surface area is 140 Å². The molecule has 4 N–H and O–H groups in total. The third-order valence-electron chi connectivity index (χ3n) is 3.72. The normalized spacial score (nSPS) is 10.8. The van der Waals surface area contributed by atoms with Gasteiger partial charge in [0.1, 0.15) is 17.5 Å². The van der Waals surface area contributed by atoms with Gasteiger partial charge < -0.3 is 16.0 Å². The highest BCUT2D eigenvalue weighted by atomic mass is 19.1. The number of aromatic nitrogens is 2. The number of benzene rings is 1. The first-order valence-corrected chi connectivity index (χ1v) is 7.41. The van der Waals surface area contributed by atoms with Gasteiger partial charge in [-0.25, -0.2) is 13.8 Å². The van der Waals surface area contributed by atoms with Crippen LogP contribution in [0.5, 0.6) is 0 Å². The topological polar surface area (TPSA) is 101 Å². The lowest BCUT2D eigenvalue weighted by Gasteiger charge is -2.07. The number of rotatable bonds is 4. The third kappa shape index (κ3) is 3.63. The minimum Gasteiger partial charge on any atom is -0.383 e. The average molecular weight is 344 g/mol. The van der Waals surface area contributed by atoms with Gasteiger partial charge in [0.25, 0.3) is 5.56 Å². The molecule has 1 aromatic carbocycles. The quantitative estimate of drug-likeness (QED) is 0.670. The fourth-order valence-electron chi connectivity index (χ4n) is 2.42. The van der Waals surface area contributed by atoms with Gasteiger partial charge in [0.05, 0.1) is 11.9 Å². The molecule has 0 atom stereocenters. The van der Waals surface area contributed by atoms with Crippen molar-refractivity contribution in [2.75, 3.05) is 5.73 Å². The minimum atomic E-state index is -0.747. The molecule has 1 amide bonds. The van der Waals surface area contributed by atoms with Gasteiger partial charge in [0.15, 0.2) is 0 Å². The molecule has 6 nitrogen and oxygen atoms in total. The van der Waals surface area contributed by atoms with E-state index in [0.717, 1.165) is 12.1 Å². The lowest BCUT2D eigenvalue weighted by molar-refractivity contribution is -0.120. The van der Waals surface area contributed by atoms with E-state index >= 15 is 0 Å². The second kappa shape index (κ2) is 6.68. The lowest BCUT2D eigenvalue weighted by atomic mass is 10.1. The smallest absolute Gasteiger partial charge is 0.252 e. The largest absolute Gasteiger partial charge is 0.383 e. The van der Waals surface area contributed by atoms with E-state index in [1.807, 2.05) is 0 Å². The molecule has 2 heterocycles. The van der Waals surface area contributed by atoms with Crippen molar-refractivity contribution in [3.63, 3.8) is 0 Å². The summed E-state index contributed by atoms with van der Waals surface area (Å²) in [6.07, 6.45) is 1.26. The summed E-state index contributed by atoms with van der Waals surface area (Å²) >= 11 is 0. The van der Waals surface area contributed by atoms with Crippen molar-refractivity contribution >= 4 is 22.6 Å². The van der Waals surface area contributed by atoms with E-state index in [1.165, 1.54) is 18.3 Å². The van der Waals surface area contributed by atoms with Gasteiger partial charge in [-0.15, -0.1) is 0 Å². The number of hydrogen-bond donors (Lipinski definition) is 3. The maximum Gasteiger partial charge on any atom is 0.252 e. The van der Waals surface area contributed by atoms with E-state index in [2.05, 4.69) is 15.3 Å². The maximum atomic E-state index is 13.5. The monoisotopic (exact) mass is 344 g/mol. The number of nitrogens with zero attached hydrogens (tertiary/aromatic N) is 1. The van der Waals surface area contributed by atoms with Crippen molar-refractivity contribution in [1.82, 2.24) is 15.3 Å². The second-order valence-corrected chi connectivity index (χ2v) is 5.47. The molecule has 0 aliphatic rings. The Bertz CT molecular complexity index is 1020. The van der Waals surface area contributed by atoms with Crippen molar-refractivity contribution < 1.29 is 13.6 Å². The average Bonchev–Trinajstić information content (AvgIpc) is 2.55. The van der Waals surface area contributed by atoms with Crippen LogP contribution in [0, 0.1) is 11.6 Å². The number of pyridine rings is 2. The Balaban J connectivity index is 1.74. The van der Waals surface area contributed by atoms with Crippen molar-refractivity contribution in [2.45, 2.75) is 13.0 Å². The van der Waals surface area contributed by atoms with E-state index in [-0.39, 0.29) is 29.9 Å². The molecule has 0 unspecified atom stereocenters. The predicted octanol–water partition coefficient (Wildman–Crippen LogP) is 1.64. The Morgan fingerprint density at radius 3 is 2.76 bits per heavy atom. The van der Waals surface area contributed by atoms with E-state index < -0.39 is 23.1 Å². The van der Waals surface area contributed by atoms with E-state index in [0.29, 0.717) is 10.9 Å². The number of H-pyrrole nitrogens is 1. The highest BCUT2D eigenvalue weighted by Crippen LogP contribution is 2.16. The van der Waals surface area contributed by atoms with Crippen molar-refractivity contribution in [1.29, 1.82) is 0 Å². The van der Waals surface area contributed by atoms with Crippen LogP contribution in [0.2, 0.25) is 0 Å². The summed E-state index contributed by atoms with van der Waals surface area (Å²) in [6, 6.07) is 6.21. The molecule has 0 aliphatic heterocycles. The predicted molar refractivity (Wildman–Crippen MR) is 88.7 cm³/mol. The molecule has 0 fully saturated rings. The number of nitrogens with two attached hydrogens (primary N) is 1. The van der Waals surface area contributed by atoms with E-state index in [9.17, 15) is 18.4 Å². The number of halogens is 2. The highest BCUT2D eigenvalue weighted by Gasteiger charge is 2.11. The summed E-state index contributed by atoms with van der Waals surface area (Å²) in [6.45, 7) is -0.111.